The van der Waals surface area contributed by atoms with Crippen LogP contribution in [0.1, 0.15) is 149 Å². The first-order valence-corrected chi connectivity index (χ1v) is 34.7. The Morgan fingerprint density at radius 1 is 0.639 bits per heavy atom. The van der Waals surface area contributed by atoms with Crippen molar-refractivity contribution in [3.05, 3.63) is 166 Å². The van der Waals surface area contributed by atoms with Crippen molar-refractivity contribution < 1.29 is 56.5 Å². The van der Waals surface area contributed by atoms with Gasteiger partial charge in [-0.15, -0.1) is 22.7 Å². The van der Waals surface area contributed by atoms with Gasteiger partial charge in [0.25, 0.3) is 11.8 Å². The number of ether oxygens (including phenoxy) is 2. The third kappa shape index (κ3) is 15.4. The molecule has 9 aromatic rings. The van der Waals surface area contributed by atoms with Crippen LogP contribution in [0.4, 0.5) is 0 Å². The van der Waals surface area contributed by atoms with Crippen LogP contribution < -0.4 is 25.4 Å². The number of aliphatic hydroxyl groups is 1. The van der Waals surface area contributed by atoms with Gasteiger partial charge < -0.3 is 58.3 Å². The summed E-state index contributed by atoms with van der Waals surface area (Å²) in [6.45, 7) is 16.2. The Hall–Kier alpha value is -9.37. The summed E-state index contributed by atoms with van der Waals surface area (Å²) in [5.74, 6) is -1.71. The minimum atomic E-state index is -0.934. The molecule has 24 nitrogen and oxygen atoms in total. The van der Waals surface area contributed by atoms with E-state index in [1.54, 1.807) is 64.4 Å². The summed E-state index contributed by atoms with van der Waals surface area (Å²) in [4.78, 5) is 92.1. The number of hydrogen-bond acceptors (Lipinski definition) is 21. The number of aliphatic hydroxyl groups excluding tert-OH is 1. The van der Waals surface area contributed by atoms with Crippen LogP contribution in [0.2, 0.25) is 0 Å². The first-order chi connectivity index (χ1) is 46.9. The van der Waals surface area contributed by atoms with Gasteiger partial charge in [0.15, 0.2) is 17.9 Å². The first-order valence-electron chi connectivity index (χ1n) is 33.0. The smallest absolute Gasteiger partial charge is 0.254 e. The number of benzene rings is 3. The van der Waals surface area contributed by atoms with Crippen LogP contribution in [0.15, 0.2) is 139 Å². The molecule has 26 heteroatoms. The van der Waals surface area contributed by atoms with Crippen molar-refractivity contribution in [3.8, 4) is 44.0 Å². The second-order valence-corrected chi connectivity index (χ2v) is 27.5. The molecule has 0 aliphatic carbocycles. The number of oxazole rings is 1. The quantitative estimate of drug-likeness (QED) is 0.0392. The lowest BCUT2D eigenvalue weighted by atomic mass is 9.91. The lowest BCUT2D eigenvalue weighted by molar-refractivity contribution is -0.141. The average molecular weight is 1360 g/mol. The van der Waals surface area contributed by atoms with Gasteiger partial charge in [0.1, 0.15) is 41.7 Å². The maximum absolute atomic E-state index is 14.7. The van der Waals surface area contributed by atoms with Crippen LogP contribution in [0, 0.1) is 19.8 Å². The standard InChI is InChI=1S/C71H80N12O12S2/c1-9-45(58-27-63(79-93-58)92-53-26-57(83(35-53)70(88)54(10-2)59-23-40(5)78-94-59)69(87)77-41(6)46-15-19-49(20-16-46)62-31-73-37-96-62)32-81-34-52(25-55(81)67(85)74-29-44-11-13-48(14-12-44)61-30-72-36-90-61)91-64-28-60(95-80-64)65(39(3)4)71(89)82-33-51(84)24-56(82)68(86)76-42(7)47-17-21-50(22-18-47)66-43(8)75-38-97-66/h11-23,27-28,30-31,36-39,41-42,45,51-57,65,84H,9-10,24-26,29,32-35H2,1-8H3,(H,74,85)(H,76,86)(H,77,87)/t41-,42-,45-,51+,52+,53+,54+,55-,56-,57-,65+/m0/s1. The lowest BCUT2D eigenvalue weighted by Gasteiger charge is -2.29. The number of thiazole rings is 2. The molecular weight excluding hydrogens is 1280 g/mol. The normalized spacial score (nSPS) is 20.4. The minimum Gasteiger partial charge on any atom is -0.471 e. The van der Waals surface area contributed by atoms with Crippen molar-refractivity contribution in [2.75, 3.05) is 26.2 Å². The highest BCUT2D eigenvalue weighted by atomic mass is 32.1. The zero-order chi connectivity index (χ0) is 68.0. The molecule has 0 radical (unpaired) electrons. The number of nitrogens with zero attached hydrogens (tertiary/aromatic N) is 9. The van der Waals surface area contributed by atoms with Gasteiger partial charge >= 0.3 is 0 Å². The summed E-state index contributed by atoms with van der Waals surface area (Å²) in [5, 5.41) is 33.1. The first kappa shape index (κ1) is 67.6. The third-order valence-corrected chi connectivity index (χ3v) is 20.5. The number of rotatable bonds is 26. The van der Waals surface area contributed by atoms with Crippen LogP contribution in [-0.4, -0.2) is 142 Å². The van der Waals surface area contributed by atoms with E-state index in [4.69, 9.17) is 27.5 Å². The van der Waals surface area contributed by atoms with Crippen LogP contribution in [0.5, 0.6) is 11.8 Å². The van der Waals surface area contributed by atoms with Gasteiger partial charge in [-0.2, -0.15) is 0 Å². The van der Waals surface area contributed by atoms with Crippen LogP contribution in [0.25, 0.3) is 32.2 Å². The average Bonchev–Trinajstić information content (AvgIpc) is 1.70. The SMILES string of the molecule is CC[C@@H](CN1C[C@H](Oc2cc([C@H](C(=O)N3C[C@H](O)C[C@H]3C(=O)N[C@@H](C)c3ccc(-c4scnc4C)cc3)C(C)C)on2)C[C@H]1C(=O)NCc1ccc(-c2cnco2)cc1)c1cc(O[C@@H]2C[C@@H](C(=O)N[C@@H](C)c3ccc(-c4cncs4)cc3)N(C(=O)[C@H](CC)c3cc(C)no3)C2)no1. The maximum atomic E-state index is 14.7. The van der Waals surface area contributed by atoms with E-state index < -0.39 is 54.2 Å². The van der Waals surface area contributed by atoms with Crippen molar-refractivity contribution >= 4 is 52.2 Å². The Labute approximate surface area is 569 Å². The van der Waals surface area contributed by atoms with Crippen molar-refractivity contribution in [1.29, 1.82) is 0 Å². The number of aryl methyl sites for hydroxylation is 2. The molecule has 12 rings (SSSR count). The number of β-amino-alcohol motifs (C(OH)–C–C–N with tert-alkyl or cyclic N) is 1. The number of hydrogen-bond donors (Lipinski definition) is 4. The Morgan fingerprint density at radius 3 is 1.86 bits per heavy atom. The Morgan fingerprint density at radius 2 is 1.26 bits per heavy atom. The maximum Gasteiger partial charge on any atom is 0.254 e. The fourth-order valence-corrected chi connectivity index (χ4v) is 14.8. The van der Waals surface area contributed by atoms with Gasteiger partial charge in [-0.25, -0.2) is 9.97 Å². The third-order valence-electron chi connectivity index (χ3n) is 18.7. The van der Waals surface area contributed by atoms with E-state index in [1.807, 2.05) is 133 Å². The predicted octanol–water partition coefficient (Wildman–Crippen LogP) is 10.5. The second kappa shape index (κ2) is 30.0. The molecule has 0 unspecified atom stereocenters. The Kier molecular flexibility index (Phi) is 20.9. The molecule has 0 bridgehead atoms. The van der Waals surface area contributed by atoms with Gasteiger partial charge in [-0.1, -0.05) is 106 Å². The highest BCUT2D eigenvalue weighted by Crippen LogP contribution is 2.37. The van der Waals surface area contributed by atoms with Crippen molar-refractivity contribution in [2.24, 2.45) is 5.92 Å². The molecule has 3 fully saturated rings. The summed E-state index contributed by atoms with van der Waals surface area (Å²) < 4.78 is 36.2. The number of aromatic nitrogens is 6. The second-order valence-electron chi connectivity index (χ2n) is 25.7. The van der Waals surface area contributed by atoms with Gasteiger partial charge in [-0.05, 0) is 84.6 Å². The van der Waals surface area contributed by atoms with Crippen LogP contribution >= 0.6 is 22.7 Å². The van der Waals surface area contributed by atoms with E-state index in [1.165, 1.54) is 11.3 Å². The molecule has 9 heterocycles. The van der Waals surface area contributed by atoms with Gasteiger partial charge in [0.05, 0.1) is 75.1 Å². The molecule has 97 heavy (non-hydrogen) atoms. The molecule has 4 N–H and O–H groups in total. The van der Waals surface area contributed by atoms with Crippen molar-refractivity contribution in [3.63, 3.8) is 0 Å². The molecule has 3 aliphatic rings. The van der Waals surface area contributed by atoms with Crippen LogP contribution in [-0.2, 0) is 30.5 Å². The topological polar surface area (TPSA) is 300 Å². The molecule has 3 saturated heterocycles. The summed E-state index contributed by atoms with van der Waals surface area (Å²) in [5.41, 5.74) is 10.7. The zero-order valence-electron chi connectivity index (χ0n) is 55.3. The molecule has 6 aromatic heterocycles. The Balaban J connectivity index is 0.725. The molecular formula is C71H80N12O12S2. The molecule has 11 atom stereocenters. The fraction of sp³-hybridized carbons (Fsp3) is 0.423. The van der Waals surface area contributed by atoms with E-state index in [-0.39, 0.29) is 104 Å². The van der Waals surface area contributed by atoms with E-state index in [2.05, 4.69) is 51.3 Å². The number of carbonyl (C=O) groups is 5. The minimum absolute atomic E-state index is 0.0367. The molecule has 508 valence electrons. The fourth-order valence-electron chi connectivity index (χ4n) is 13.3. The van der Waals surface area contributed by atoms with E-state index in [0.29, 0.717) is 48.9 Å². The van der Waals surface area contributed by atoms with Gasteiger partial charge in [0.2, 0.25) is 29.5 Å². The highest BCUT2D eigenvalue weighted by molar-refractivity contribution is 7.13. The number of likely N-dealkylation sites (tertiary alicyclic amines) is 3. The highest BCUT2D eigenvalue weighted by Gasteiger charge is 2.47. The molecule has 3 aromatic carbocycles. The molecule has 0 saturated carbocycles. The van der Waals surface area contributed by atoms with E-state index in [9.17, 15) is 29.1 Å². The number of amides is 5. The summed E-state index contributed by atoms with van der Waals surface area (Å²) in [6.07, 6.45) is 4.20. The summed E-state index contributed by atoms with van der Waals surface area (Å²) >= 11 is 3.11. The molecule has 0 spiro atoms. The molecule has 5 amide bonds. The Bertz CT molecular complexity index is 4130. The van der Waals surface area contributed by atoms with E-state index in [0.717, 1.165) is 48.8 Å². The van der Waals surface area contributed by atoms with Gasteiger partial charge in [0, 0.05) is 81.3 Å². The van der Waals surface area contributed by atoms with Crippen molar-refractivity contribution in [2.45, 2.75) is 160 Å². The van der Waals surface area contributed by atoms with Crippen LogP contribution in [0.3, 0.4) is 0 Å². The van der Waals surface area contributed by atoms with Gasteiger partial charge in [-0.3, -0.25) is 33.9 Å². The number of nitrogens with one attached hydrogen (secondary N) is 3. The summed E-state index contributed by atoms with van der Waals surface area (Å²) in [6, 6.07) is 25.3. The molecule has 3 aliphatic heterocycles. The number of carbonyl (C=O) groups excluding carboxylic acids is 5. The predicted molar refractivity (Wildman–Crippen MR) is 360 cm³/mol. The van der Waals surface area contributed by atoms with E-state index >= 15 is 0 Å². The van der Waals surface area contributed by atoms with Crippen molar-refractivity contribution in [1.82, 2.24) is 61.1 Å². The lowest BCUT2D eigenvalue weighted by Crippen LogP contribution is -2.48. The zero-order valence-corrected chi connectivity index (χ0v) is 57.0. The summed E-state index contributed by atoms with van der Waals surface area (Å²) in [7, 11) is 0. The largest absolute Gasteiger partial charge is 0.471 e. The monoisotopic (exact) mass is 1360 g/mol.